The molecule has 2 fully saturated rings. The van der Waals surface area contributed by atoms with Crippen LogP contribution in [0.5, 0.6) is 0 Å². The molecule has 5 rings (SSSR count). The van der Waals surface area contributed by atoms with Crippen LogP contribution >= 0.6 is 0 Å². The number of hydrogen-bond acceptors (Lipinski definition) is 5. The molecular formula is C22H26N6O. The van der Waals surface area contributed by atoms with Crippen molar-refractivity contribution in [2.24, 2.45) is 0 Å². The first kappa shape index (κ1) is 18.1. The van der Waals surface area contributed by atoms with Crippen LogP contribution in [0.15, 0.2) is 36.8 Å². The molecule has 0 spiro atoms. The Morgan fingerprint density at radius 1 is 1.07 bits per heavy atom. The number of anilines is 1. The highest BCUT2D eigenvalue weighted by molar-refractivity contribution is 5.94. The summed E-state index contributed by atoms with van der Waals surface area (Å²) in [7, 11) is 0. The molecule has 0 unspecified atom stereocenters. The van der Waals surface area contributed by atoms with Crippen molar-refractivity contribution in [3.8, 4) is 0 Å². The summed E-state index contributed by atoms with van der Waals surface area (Å²) in [4.78, 5) is 31.1. The second-order valence-corrected chi connectivity index (χ2v) is 8.15. The molecule has 0 bridgehead atoms. The normalized spacial score (nSPS) is 17.7. The second kappa shape index (κ2) is 7.13. The predicted molar refractivity (Wildman–Crippen MR) is 111 cm³/mol. The zero-order valence-electron chi connectivity index (χ0n) is 17.0. The molecule has 0 N–H and O–H groups in total. The van der Waals surface area contributed by atoms with E-state index >= 15 is 0 Å². The number of likely N-dealkylation sites (tertiary alicyclic amines) is 1. The van der Waals surface area contributed by atoms with E-state index in [9.17, 15) is 4.79 Å². The maximum atomic E-state index is 13.3. The Kier molecular flexibility index (Phi) is 4.45. The molecule has 3 aromatic rings. The molecule has 0 aromatic carbocycles. The van der Waals surface area contributed by atoms with Crippen molar-refractivity contribution < 1.29 is 4.79 Å². The van der Waals surface area contributed by atoms with Gasteiger partial charge in [-0.25, -0.2) is 15.0 Å². The number of carbonyl (C=O) groups is 1. The fourth-order valence-corrected chi connectivity index (χ4v) is 4.47. The van der Waals surface area contributed by atoms with E-state index in [0.29, 0.717) is 17.8 Å². The van der Waals surface area contributed by atoms with Crippen LogP contribution < -0.4 is 4.90 Å². The summed E-state index contributed by atoms with van der Waals surface area (Å²) in [6, 6.07) is 8.91. The fourth-order valence-electron chi connectivity index (χ4n) is 4.47. The average molecular weight is 390 g/mol. The quantitative estimate of drug-likeness (QED) is 0.685. The minimum absolute atomic E-state index is 0.0792. The first-order chi connectivity index (χ1) is 14.1. The molecule has 1 saturated heterocycles. The number of hydrogen-bond donors (Lipinski definition) is 0. The topological polar surface area (TPSA) is 66.6 Å². The number of aromatic nitrogens is 4. The third kappa shape index (κ3) is 3.34. The second-order valence-electron chi connectivity index (χ2n) is 8.15. The van der Waals surface area contributed by atoms with Crippen LogP contribution in [0.4, 0.5) is 5.82 Å². The number of amides is 1. The van der Waals surface area contributed by atoms with Gasteiger partial charge in [-0.3, -0.25) is 9.20 Å². The van der Waals surface area contributed by atoms with E-state index in [1.807, 2.05) is 47.5 Å². The highest BCUT2D eigenvalue weighted by Gasteiger charge is 2.37. The Balaban J connectivity index is 1.33. The Morgan fingerprint density at radius 3 is 2.55 bits per heavy atom. The predicted octanol–water partition coefficient (Wildman–Crippen LogP) is 3.01. The van der Waals surface area contributed by atoms with Gasteiger partial charge in [0.15, 0.2) is 0 Å². The number of nitrogens with zero attached hydrogens (tertiary/aromatic N) is 6. The van der Waals surface area contributed by atoms with Gasteiger partial charge in [0.2, 0.25) is 0 Å². The largest absolute Gasteiger partial charge is 0.350 e. The third-order valence-electron chi connectivity index (χ3n) is 6.05. The molecule has 7 heteroatoms. The summed E-state index contributed by atoms with van der Waals surface area (Å²) in [5.74, 6) is 1.11. The lowest BCUT2D eigenvalue weighted by Crippen LogP contribution is -2.48. The molecule has 0 atom stereocenters. The lowest BCUT2D eigenvalue weighted by atomic mass is 10.0. The number of piperidine rings is 1. The van der Waals surface area contributed by atoms with Crippen molar-refractivity contribution in [3.63, 3.8) is 0 Å². The average Bonchev–Trinajstić information content (AvgIpc) is 3.49. The van der Waals surface area contributed by atoms with Crippen molar-refractivity contribution >= 4 is 17.4 Å². The van der Waals surface area contributed by atoms with Crippen LogP contribution in [0.1, 0.15) is 47.6 Å². The summed E-state index contributed by atoms with van der Waals surface area (Å²) in [5, 5.41) is 0. The van der Waals surface area contributed by atoms with E-state index in [2.05, 4.69) is 25.9 Å². The van der Waals surface area contributed by atoms with Gasteiger partial charge >= 0.3 is 0 Å². The summed E-state index contributed by atoms with van der Waals surface area (Å²) >= 11 is 0. The Bertz CT molecular complexity index is 1050. The van der Waals surface area contributed by atoms with Crippen LogP contribution in [0.3, 0.4) is 0 Å². The van der Waals surface area contributed by atoms with Crippen molar-refractivity contribution in [1.82, 2.24) is 24.3 Å². The van der Waals surface area contributed by atoms with Crippen LogP contribution in [0.2, 0.25) is 0 Å². The maximum absolute atomic E-state index is 13.3. The molecule has 2 aliphatic rings. The van der Waals surface area contributed by atoms with Crippen LogP contribution in [-0.2, 0) is 0 Å². The SMILES string of the molecule is Cc1cc(N(C2CC2)C2CCN(C(=O)c3c(C)nc4ccccn34)CC2)ncn1. The minimum Gasteiger partial charge on any atom is -0.350 e. The summed E-state index contributed by atoms with van der Waals surface area (Å²) in [6.07, 6.45) is 7.95. The van der Waals surface area contributed by atoms with Gasteiger partial charge in [-0.2, -0.15) is 0 Å². The van der Waals surface area contributed by atoms with Crippen molar-refractivity contribution in [2.45, 2.75) is 51.6 Å². The first-order valence-corrected chi connectivity index (χ1v) is 10.4. The van der Waals surface area contributed by atoms with Gasteiger partial charge in [-0.15, -0.1) is 0 Å². The lowest BCUT2D eigenvalue weighted by Gasteiger charge is -2.39. The molecule has 1 aliphatic carbocycles. The van der Waals surface area contributed by atoms with E-state index in [4.69, 9.17) is 0 Å². The van der Waals surface area contributed by atoms with Gasteiger partial charge in [-0.05, 0) is 51.7 Å². The van der Waals surface area contributed by atoms with Crippen LogP contribution in [0.25, 0.3) is 5.65 Å². The molecule has 7 nitrogen and oxygen atoms in total. The van der Waals surface area contributed by atoms with Gasteiger partial charge in [-0.1, -0.05) is 6.07 Å². The molecule has 0 radical (unpaired) electrons. The first-order valence-electron chi connectivity index (χ1n) is 10.4. The van der Waals surface area contributed by atoms with Gasteiger partial charge < -0.3 is 9.80 Å². The molecule has 150 valence electrons. The molecule has 1 saturated carbocycles. The number of rotatable bonds is 4. The van der Waals surface area contributed by atoms with Gasteiger partial charge in [0, 0.05) is 43.1 Å². The van der Waals surface area contributed by atoms with Crippen LogP contribution in [0, 0.1) is 13.8 Å². The monoisotopic (exact) mass is 390 g/mol. The lowest BCUT2D eigenvalue weighted by molar-refractivity contribution is 0.0704. The maximum Gasteiger partial charge on any atom is 0.272 e. The molecule has 1 amide bonds. The molecule has 4 heterocycles. The number of fused-ring (bicyclic) bond motifs is 1. The zero-order valence-corrected chi connectivity index (χ0v) is 17.0. The standard InChI is InChI=1S/C22H26N6O/c1-15-13-20(24-14-23-15)28(17-6-7-17)18-8-11-26(12-9-18)22(29)21-16(2)25-19-5-3-4-10-27(19)21/h3-5,10,13-14,17-18H,6-9,11-12H2,1-2H3. The minimum atomic E-state index is 0.0792. The number of aryl methyl sites for hydroxylation is 2. The third-order valence-corrected chi connectivity index (χ3v) is 6.05. The number of imidazole rings is 1. The van der Waals surface area contributed by atoms with Crippen molar-refractivity contribution in [3.05, 3.63) is 53.9 Å². The summed E-state index contributed by atoms with van der Waals surface area (Å²) < 4.78 is 1.91. The zero-order chi connectivity index (χ0) is 20.0. The van der Waals surface area contributed by atoms with Crippen molar-refractivity contribution in [2.75, 3.05) is 18.0 Å². The fraction of sp³-hybridized carbons (Fsp3) is 0.455. The molecular weight excluding hydrogens is 364 g/mol. The van der Waals surface area contributed by atoms with Crippen LogP contribution in [-0.4, -0.2) is 55.3 Å². The Hall–Kier alpha value is -2.96. The van der Waals surface area contributed by atoms with E-state index in [-0.39, 0.29) is 5.91 Å². The van der Waals surface area contributed by atoms with E-state index in [1.54, 1.807) is 6.33 Å². The highest BCUT2D eigenvalue weighted by atomic mass is 16.2. The number of pyridine rings is 1. The summed E-state index contributed by atoms with van der Waals surface area (Å²) in [5.41, 5.74) is 3.29. The van der Waals surface area contributed by atoms with Gasteiger partial charge in [0.05, 0.1) is 5.69 Å². The van der Waals surface area contributed by atoms with E-state index in [0.717, 1.165) is 48.8 Å². The number of carbonyl (C=O) groups excluding carboxylic acids is 1. The van der Waals surface area contributed by atoms with E-state index < -0.39 is 0 Å². The summed E-state index contributed by atoms with van der Waals surface area (Å²) in [6.45, 7) is 5.45. The Morgan fingerprint density at radius 2 is 1.83 bits per heavy atom. The van der Waals surface area contributed by atoms with Gasteiger partial charge in [0.1, 0.15) is 23.5 Å². The Labute approximate surface area is 170 Å². The highest BCUT2D eigenvalue weighted by Crippen LogP contribution is 2.35. The smallest absolute Gasteiger partial charge is 0.272 e. The van der Waals surface area contributed by atoms with E-state index in [1.165, 1.54) is 12.8 Å². The molecule has 29 heavy (non-hydrogen) atoms. The molecule has 1 aliphatic heterocycles. The molecule has 3 aromatic heterocycles. The van der Waals surface area contributed by atoms with Gasteiger partial charge in [0.25, 0.3) is 5.91 Å². The van der Waals surface area contributed by atoms with Crippen molar-refractivity contribution in [1.29, 1.82) is 0 Å².